The smallest absolute Gasteiger partial charge is 0.220 e. The number of para-hydroxylation sites is 1. The molecular formula is C39H57N5O. The van der Waals surface area contributed by atoms with E-state index < -0.39 is 0 Å². The Morgan fingerprint density at radius 2 is 1.38 bits per heavy atom. The van der Waals surface area contributed by atoms with E-state index in [0.717, 1.165) is 77.8 Å². The minimum absolute atomic E-state index is 0.159. The lowest BCUT2D eigenvalue weighted by Crippen LogP contribution is -2.22. The van der Waals surface area contributed by atoms with Crippen LogP contribution in [0.25, 0.3) is 21.9 Å². The number of rotatable bonds is 21. The van der Waals surface area contributed by atoms with Crippen LogP contribution < -0.4 is 10.6 Å². The number of imidazole rings is 1. The monoisotopic (exact) mass is 611 g/mol. The van der Waals surface area contributed by atoms with Gasteiger partial charge in [-0.3, -0.25) is 4.79 Å². The first-order valence-corrected chi connectivity index (χ1v) is 17.9. The minimum Gasteiger partial charge on any atom is -0.366 e. The summed E-state index contributed by atoms with van der Waals surface area (Å²) in [6.07, 6.45) is 18.1. The summed E-state index contributed by atoms with van der Waals surface area (Å²) < 4.78 is 2.39. The van der Waals surface area contributed by atoms with Crippen molar-refractivity contribution in [2.24, 2.45) is 0 Å². The number of hydrogen-bond acceptors (Lipinski definition) is 4. The molecule has 0 radical (unpaired) electrons. The fraction of sp³-hybridized carbons (Fsp3) is 0.564. The number of aryl methyl sites for hydroxylation is 1. The quantitative estimate of drug-likeness (QED) is 0.0920. The Kier molecular flexibility index (Phi) is 14.2. The Morgan fingerprint density at radius 3 is 2.04 bits per heavy atom. The second-order valence-corrected chi connectivity index (χ2v) is 13.1. The summed E-state index contributed by atoms with van der Waals surface area (Å²) in [6, 6.07) is 17.3. The number of carbonyl (C=O) groups excluding carboxylic acids is 1. The van der Waals surface area contributed by atoms with Gasteiger partial charge in [-0.2, -0.15) is 0 Å². The molecule has 45 heavy (non-hydrogen) atoms. The second kappa shape index (κ2) is 18.5. The van der Waals surface area contributed by atoms with E-state index in [-0.39, 0.29) is 11.9 Å². The highest BCUT2D eigenvalue weighted by Crippen LogP contribution is 2.31. The van der Waals surface area contributed by atoms with Gasteiger partial charge in [-0.05, 0) is 43.9 Å². The molecule has 0 fully saturated rings. The third kappa shape index (κ3) is 10.6. The molecule has 0 aliphatic rings. The van der Waals surface area contributed by atoms with Gasteiger partial charge in [0, 0.05) is 37.4 Å². The van der Waals surface area contributed by atoms with E-state index in [1.807, 2.05) is 0 Å². The van der Waals surface area contributed by atoms with E-state index in [1.165, 1.54) is 63.4 Å². The summed E-state index contributed by atoms with van der Waals surface area (Å²) in [5.41, 5.74) is 5.43. The summed E-state index contributed by atoms with van der Waals surface area (Å²) in [5, 5.41) is 7.81. The molecule has 2 N–H and O–H groups in total. The number of benzene rings is 2. The highest BCUT2D eigenvalue weighted by Gasteiger charge is 2.19. The largest absolute Gasteiger partial charge is 0.366 e. The van der Waals surface area contributed by atoms with Gasteiger partial charge in [0.1, 0.15) is 11.3 Å². The van der Waals surface area contributed by atoms with E-state index in [4.69, 9.17) is 9.97 Å². The zero-order valence-electron chi connectivity index (χ0n) is 28.5. The first-order valence-electron chi connectivity index (χ1n) is 17.9. The molecule has 6 nitrogen and oxygen atoms in total. The van der Waals surface area contributed by atoms with Gasteiger partial charge in [0.25, 0.3) is 0 Å². The molecular weight excluding hydrogens is 554 g/mol. The standard InChI is InChI=1S/C39H57N5O/c1-5-7-9-10-11-12-13-14-15-16-17-23-36(45)40-28-31-24-26-32(27-25-31)29-44-35(22-8-6-2)43-37-38(44)33-20-18-19-21-34(33)42-39(37)41-30(3)4/h18-21,24-27,30H,5-17,22-23,28-29H2,1-4H3,(H,40,45)(H,41,42). The number of fused-ring (bicyclic) bond motifs is 3. The lowest BCUT2D eigenvalue weighted by molar-refractivity contribution is -0.121. The molecule has 2 aromatic carbocycles. The molecule has 0 bridgehead atoms. The van der Waals surface area contributed by atoms with Gasteiger partial charge in [-0.15, -0.1) is 0 Å². The molecule has 2 heterocycles. The zero-order chi connectivity index (χ0) is 31.9. The van der Waals surface area contributed by atoms with Crippen molar-refractivity contribution in [1.29, 1.82) is 0 Å². The minimum atomic E-state index is 0.159. The van der Waals surface area contributed by atoms with Crippen LogP contribution in [-0.4, -0.2) is 26.5 Å². The predicted octanol–water partition coefficient (Wildman–Crippen LogP) is 10.1. The molecule has 6 heteroatoms. The number of anilines is 1. The third-order valence-electron chi connectivity index (χ3n) is 8.70. The van der Waals surface area contributed by atoms with Gasteiger partial charge in [0.05, 0.1) is 11.0 Å². The van der Waals surface area contributed by atoms with Crippen molar-refractivity contribution in [2.45, 2.75) is 143 Å². The lowest BCUT2D eigenvalue weighted by atomic mass is 10.1. The first kappa shape index (κ1) is 34.5. The average molecular weight is 612 g/mol. The SMILES string of the molecule is CCCCCCCCCCCCCC(=O)NCc1ccc(Cn2c(CCCC)nc3c(NC(C)C)nc4ccccc4c32)cc1. The van der Waals surface area contributed by atoms with E-state index in [2.05, 4.69) is 91.4 Å². The maximum absolute atomic E-state index is 12.5. The molecule has 4 aromatic rings. The van der Waals surface area contributed by atoms with Crippen LogP contribution >= 0.6 is 0 Å². The topological polar surface area (TPSA) is 71.8 Å². The Morgan fingerprint density at radius 1 is 0.756 bits per heavy atom. The van der Waals surface area contributed by atoms with Gasteiger partial charge < -0.3 is 15.2 Å². The van der Waals surface area contributed by atoms with Crippen molar-refractivity contribution in [3.63, 3.8) is 0 Å². The number of hydrogen-bond donors (Lipinski definition) is 2. The van der Waals surface area contributed by atoms with E-state index in [9.17, 15) is 4.79 Å². The molecule has 1 amide bonds. The fourth-order valence-electron chi connectivity index (χ4n) is 6.14. The van der Waals surface area contributed by atoms with Gasteiger partial charge >= 0.3 is 0 Å². The average Bonchev–Trinajstić information content (AvgIpc) is 3.40. The Hall–Kier alpha value is -3.41. The van der Waals surface area contributed by atoms with Crippen molar-refractivity contribution in [3.05, 3.63) is 65.5 Å². The first-order chi connectivity index (χ1) is 22.0. The van der Waals surface area contributed by atoms with Crippen molar-refractivity contribution in [1.82, 2.24) is 19.9 Å². The van der Waals surface area contributed by atoms with Crippen molar-refractivity contribution in [2.75, 3.05) is 5.32 Å². The number of pyridine rings is 1. The number of unbranched alkanes of at least 4 members (excludes halogenated alkanes) is 11. The molecule has 0 saturated carbocycles. The van der Waals surface area contributed by atoms with Crippen LogP contribution in [0.1, 0.15) is 135 Å². The summed E-state index contributed by atoms with van der Waals surface area (Å²) >= 11 is 0. The van der Waals surface area contributed by atoms with Crippen molar-refractivity contribution in [3.8, 4) is 0 Å². The molecule has 4 rings (SSSR count). The van der Waals surface area contributed by atoms with Crippen LogP contribution in [0.15, 0.2) is 48.5 Å². The maximum atomic E-state index is 12.5. The number of carbonyl (C=O) groups is 1. The summed E-state index contributed by atoms with van der Waals surface area (Å²) in [4.78, 5) is 22.6. The molecule has 0 aliphatic heterocycles. The molecule has 244 valence electrons. The maximum Gasteiger partial charge on any atom is 0.220 e. The van der Waals surface area contributed by atoms with Gasteiger partial charge in [-0.25, -0.2) is 9.97 Å². The van der Waals surface area contributed by atoms with Crippen LogP contribution in [0.4, 0.5) is 5.82 Å². The van der Waals surface area contributed by atoms with Crippen LogP contribution in [0.5, 0.6) is 0 Å². The summed E-state index contributed by atoms with van der Waals surface area (Å²) in [5.74, 6) is 2.12. The summed E-state index contributed by atoms with van der Waals surface area (Å²) in [6.45, 7) is 10.1. The van der Waals surface area contributed by atoms with E-state index >= 15 is 0 Å². The Bertz CT molecular complexity index is 1460. The number of nitrogens with one attached hydrogen (secondary N) is 2. The molecule has 0 atom stereocenters. The molecule has 0 aliphatic carbocycles. The lowest BCUT2D eigenvalue weighted by Gasteiger charge is -2.14. The van der Waals surface area contributed by atoms with Gasteiger partial charge in [-0.1, -0.05) is 127 Å². The normalized spacial score (nSPS) is 11.6. The third-order valence-corrected chi connectivity index (χ3v) is 8.70. The Balaban J connectivity index is 1.32. The summed E-state index contributed by atoms with van der Waals surface area (Å²) in [7, 11) is 0. The Labute approximate surface area is 271 Å². The molecule has 2 aromatic heterocycles. The number of aromatic nitrogens is 3. The van der Waals surface area contributed by atoms with Gasteiger partial charge in [0.15, 0.2) is 5.82 Å². The second-order valence-electron chi connectivity index (χ2n) is 13.1. The van der Waals surface area contributed by atoms with Crippen LogP contribution in [0.3, 0.4) is 0 Å². The molecule has 0 spiro atoms. The predicted molar refractivity (Wildman–Crippen MR) is 191 cm³/mol. The van der Waals surface area contributed by atoms with E-state index in [1.54, 1.807) is 0 Å². The van der Waals surface area contributed by atoms with E-state index in [0.29, 0.717) is 13.0 Å². The zero-order valence-corrected chi connectivity index (χ0v) is 28.5. The van der Waals surface area contributed by atoms with Gasteiger partial charge in [0.2, 0.25) is 5.91 Å². The molecule has 0 unspecified atom stereocenters. The van der Waals surface area contributed by atoms with Crippen LogP contribution in [0.2, 0.25) is 0 Å². The van der Waals surface area contributed by atoms with Crippen molar-refractivity contribution >= 4 is 33.7 Å². The fourth-order valence-corrected chi connectivity index (χ4v) is 6.14. The highest BCUT2D eigenvalue weighted by atomic mass is 16.1. The van der Waals surface area contributed by atoms with Crippen molar-refractivity contribution < 1.29 is 4.79 Å². The number of nitrogens with zero attached hydrogens (tertiary/aromatic N) is 3. The highest BCUT2D eigenvalue weighted by molar-refractivity contribution is 6.07. The number of amides is 1. The van der Waals surface area contributed by atoms with Crippen LogP contribution in [-0.2, 0) is 24.3 Å². The molecule has 0 saturated heterocycles. The van der Waals surface area contributed by atoms with Crippen LogP contribution in [0, 0.1) is 0 Å².